The molecule has 2 rings (SSSR count). The van der Waals surface area contributed by atoms with Crippen LogP contribution in [0.25, 0.3) is 0 Å². The van der Waals surface area contributed by atoms with Crippen LogP contribution >= 0.6 is 23.2 Å². The molecule has 1 aromatic carbocycles. The summed E-state index contributed by atoms with van der Waals surface area (Å²) in [7, 11) is 1.55. The van der Waals surface area contributed by atoms with E-state index in [1.54, 1.807) is 14.0 Å². The summed E-state index contributed by atoms with van der Waals surface area (Å²) in [5.74, 6) is -1.58. The van der Waals surface area contributed by atoms with Gasteiger partial charge in [0.05, 0.1) is 10.6 Å². The quantitative estimate of drug-likeness (QED) is 0.479. The molecule has 0 aliphatic rings. The van der Waals surface area contributed by atoms with Gasteiger partial charge >= 0.3 is 5.97 Å². The molecular weight excluding hydrogens is 375 g/mol. The zero-order chi connectivity index (χ0) is 18.7. The number of nitro groups is 1. The molecule has 0 bridgehead atoms. The second-order valence-electron chi connectivity index (χ2n) is 4.92. The van der Waals surface area contributed by atoms with Gasteiger partial charge in [0.15, 0.2) is 6.61 Å². The first-order chi connectivity index (χ1) is 11.7. The predicted octanol–water partition coefficient (Wildman–Crippen LogP) is 2.74. The van der Waals surface area contributed by atoms with Crippen LogP contribution in [0, 0.1) is 17.0 Å². The van der Waals surface area contributed by atoms with Crippen molar-refractivity contribution in [2.24, 2.45) is 7.05 Å². The second-order valence-corrected chi connectivity index (χ2v) is 5.71. The maximum Gasteiger partial charge on any atom is 0.343 e. The number of carbonyl (C=O) groups excluding carboxylic acids is 2. The van der Waals surface area contributed by atoms with E-state index >= 15 is 0 Å². The Hall–Kier alpha value is -2.65. The first-order valence-electron chi connectivity index (χ1n) is 6.80. The molecule has 0 spiro atoms. The van der Waals surface area contributed by atoms with Gasteiger partial charge in [-0.1, -0.05) is 23.2 Å². The van der Waals surface area contributed by atoms with Crippen molar-refractivity contribution >= 4 is 46.5 Å². The molecule has 0 atom stereocenters. The topological polar surface area (TPSA) is 116 Å². The van der Waals surface area contributed by atoms with Gasteiger partial charge < -0.3 is 10.1 Å². The van der Waals surface area contributed by atoms with E-state index in [1.807, 2.05) is 0 Å². The molecule has 2 aromatic rings. The number of carbonyl (C=O) groups is 2. The fourth-order valence-corrected chi connectivity index (χ4v) is 2.43. The minimum Gasteiger partial charge on any atom is -0.452 e. The van der Waals surface area contributed by atoms with Crippen molar-refractivity contribution in [3.63, 3.8) is 0 Å². The maximum atomic E-state index is 12.0. The van der Waals surface area contributed by atoms with Crippen LogP contribution in [0.5, 0.6) is 0 Å². The van der Waals surface area contributed by atoms with E-state index < -0.39 is 23.4 Å². The Morgan fingerprint density at radius 2 is 2.08 bits per heavy atom. The average Bonchev–Trinajstić information content (AvgIpc) is 2.79. The lowest BCUT2D eigenvalue weighted by Crippen LogP contribution is -2.21. The molecular formula is C14H12Cl2N4O5. The zero-order valence-electron chi connectivity index (χ0n) is 13.1. The number of rotatable bonds is 5. The molecule has 0 radical (unpaired) electrons. The standard InChI is InChI=1S/C14H12Cl2N4O5/c1-7-12(13(16)19(2)18-7)14(22)25-6-11(21)17-9-4-3-8(15)5-10(9)20(23)24/h3-5H,6H2,1-2H3,(H,17,21). The Bertz CT molecular complexity index is 865. The van der Waals surface area contributed by atoms with Crippen LogP contribution < -0.4 is 5.32 Å². The summed E-state index contributed by atoms with van der Waals surface area (Å²) < 4.78 is 6.17. The van der Waals surface area contributed by atoms with Crippen molar-refractivity contribution in [2.75, 3.05) is 11.9 Å². The Morgan fingerprint density at radius 3 is 2.64 bits per heavy atom. The molecule has 0 aliphatic carbocycles. The number of nitro benzene ring substituents is 1. The summed E-state index contributed by atoms with van der Waals surface area (Å²) in [6.45, 7) is 0.920. The van der Waals surface area contributed by atoms with E-state index in [0.29, 0.717) is 5.69 Å². The highest BCUT2D eigenvalue weighted by molar-refractivity contribution is 6.32. The number of esters is 1. The van der Waals surface area contributed by atoms with E-state index in [4.69, 9.17) is 27.9 Å². The van der Waals surface area contributed by atoms with Crippen molar-refractivity contribution in [3.8, 4) is 0 Å². The smallest absolute Gasteiger partial charge is 0.343 e. The van der Waals surface area contributed by atoms with Crippen LogP contribution in [0.1, 0.15) is 16.1 Å². The number of hydrogen-bond acceptors (Lipinski definition) is 6. The van der Waals surface area contributed by atoms with Crippen molar-refractivity contribution in [3.05, 3.63) is 49.7 Å². The minimum atomic E-state index is -0.823. The summed E-state index contributed by atoms with van der Waals surface area (Å²) in [5, 5.41) is 17.5. The van der Waals surface area contributed by atoms with E-state index in [9.17, 15) is 19.7 Å². The third-order valence-electron chi connectivity index (χ3n) is 3.12. The number of ether oxygens (including phenoxy) is 1. The van der Waals surface area contributed by atoms with Crippen LogP contribution in [-0.2, 0) is 16.6 Å². The number of anilines is 1. The van der Waals surface area contributed by atoms with Gasteiger partial charge in [-0.25, -0.2) is 4.79 Å². The molecule has 11 heteroatoms. The van der Waals surface area contributed by atoms with Gasteiger partial charge in [-0.3, -0.25) is 19.6 Å². The summed E-state index contributed by atoms with van der Waals surface area (Å²) >= 11 is 11.6. The highest BCUT2D eigenvalue weighted by Gasteiger charge is 2.22. The van der Waals surface area contributed by atoms with Crippen LogP contribution in [0.2, 0.25) is 10.2 Å². The van der Waals surface area contributed by atoms with Gasteiger partial charge in [0.25, 0.3) is 11.6 Å². The summed E-state index contributed by atoms with van der Waals surface area (Å²) in [5.41, 5.74) is -0.0370. The van der Waals surface area contributed by atoms with Crippen LogP contribution in [0.4, 0.5) is 11.4 Å². The lowest BCUT2D eigenvalue weighted by molar-refractivity contribution is -0.383. The number of hydrogen-bond donors (Lipinski definition) is 1. The third-order valence-corrected chi connectivity index (χ3v) is 3.79. The van der Waals surface area contributed by atoms with Crippen LogP contribution in [0.15, 0.2) is 18.2 Å². The second kappa shape index (κ2) is 7.49. The molecule has 1 amide bonds. The molecule has 25 heavy (non-hydrogen) atoms. The highest BCUT2D eigenvalue weighted by atomic mass is 35.5. The lowest BCUT2D eigenvalue weighted by atomic mass is 10.2. The predicted molar refractivity (Wildman–Crippen MR) is 90.0 cm³/mol. The third kappa shape index (κ3) is 4.25. The molecule has 1 heterocycles. The van der Waals surface area contributed by atoms with Crippen molar-refractivity contribution < 1.29 is 19.2 Å². The van der Waals surface area contributed by atoms with Gasteiger partial charge in [-0.15, -0.1) is 0 Å². The molecule has 0 aliphatic heterocycles. The number of amides is 1. The van der Waals surface area contributed by atoms with Gasteiger partial charge in [-0.05, 0) is 19.1 Å². The molecule has 132 valence electrons. The molecule has 0 saturated carbocycles. The largest absolute Gasteiger partial charge is 0.452 e. The Labute approximate surface area is 151 Å². The highest BCUT2D eigenvalue weighted by Crippen LogP contribution is 2.27. The first-order valence-corrected chi connectivity index (χ1v) is 7.56. The Balaban J connectivity index is 2.04. The minimum absolute atomic E-state index is 0.0504. The van der Waals surface area contributed by atoms with E-state index in [0.717, 1.165) is 6.07 Å². The lowest BCUT2D eigenvalue weighted by Gasteiger charge is -2.07. The molecule has 1 N–H and O–H groups in total. The van der Waals surface area contributed by atoms with Gasteiger partial charge in [0.1, 0.15) is 16.4 Å². The van der Waals surface area contributed by atoms with Crippen molar-refractivity contribution in [2.45, 2.75) is 6.92 Å². The van der Waals surface area contributed by atoms with Gasteiger partial charge in [-0.2, -0.15) is 5.10 Å². The molecule has 0 saturated heterocycles. The van der Waals surface area contributed by atoms with E-state index in [-0.39, 0.29) is 27.1 Å². The summed E-state index contributed by atoms with van der Waals surface area (Å²) in [6.07, 6.45) is 0. The summed E-state index contributed by atoms with van der Waals surface area (Å²) in [4.78, 5) is 34.2. The number of nitrogens with one attached hydrogen (secondary N) is 1. The molecule has 1 aromatic heterocycles. The van der Waals surface area contributed by atoms with Gasteiger partial charge in [0, 0.05) is 18.1 Å². The van der Waals surface area contributed by atoms with E-state index in [2.05, 4.69) is 10.4 Å². The molecule has 9 nitrogen and oxygen atoms in total. The normalized spacial score (nSPS) is 10.4. The first kappa shape index (κ1) is 18.7. The molecule has 0 unspecified atom stereocenters. The number of nitrogens with zero attached hydrogens (tertiary/aromatic N) is 3. The van der Waals surface area contributed by atoms with Crippen molar-refractivity contribution in [1.29, 1.82) is 0 Å². The van der Waals surface area contributed by atoms with Crippen LogP contribution in [0.3, 0.4) is 0 Å². The zero-order valence-corrected chi connectivity index (χ0v) is 14.6. The maximum absolute atomic E-state index is 12.0. The van der Waals surface area contributed by atoms with Crippen molar-refractivity contribution in [1.82, 2.24) is 9.78 Å². The summed E-state index contributed by atoms with van der Waals surface area (Å²) in [6, 6.07) is 3.76. The van der Waals surface area contributed by atoms with Gasteiger partial charge in [0.2, 0.25) is 0 Å². The number of halogens is 2. The fourth-order valence-electron chi connectivity index (χ4n) is 2.01. The monoisotopic (exact) mass is 386 g/mol. The fraction of sp³-hybridized carbons (Fsp3) is 0.214. The Kier molecular flexibility index (Phi) is 5.60. The number of aromatic nitrogens is 2. The number of benzene rings is 1. The van der Waals surface area contributed by atoms with E-state index in [1.165, 1.54) is 16.8 Å². The van der Waals surface area contributed by atoms with Crippen LogP contribution in [-0.4, -0.2) is 33.2 Å². The molecule has 0 fully saturated rings. The SMILES string of the molecule is Cc1nn(C)c(Cl)c1C(=O)OCC(=O)Nc1ccc(Cl)cc1[N+](=O)[O-]. The number of aryl methyl sites for hydroxylation is 2. The average molecular weight is 387 g/mol. The Morgan fingerprint density at radius 1 is 1.40 bits per heavy atom.